The van der Waals surface area contributed by atoms with E-state index in [1.54, 1.807) is 142 Å². The number of carbonyl (C=O) groups is 7. The largest absolute Gasteiger partial charge is 1.00 e. The summed E-state index contributed by atoms with van der Waals surface area (Å²) in [6.07, 6.45) is 2.23. The quantitative estimate of drug-likeness (QED) is 0.0388. The third-order valence-corrected chi connectivity index (χ3v) is 18.3. The summed E-state index contributed by atoms with van der Waals surface area (Å²) in [6, 6.07) is 52.5. The normalized spacial score (nSPS) is 14.4. The summed E-state index contributed by atoms with van der Waals surface area (Å²) < 4.78 is 19.5. The van der Waals surface area contributed by atoms with Gasteiger partial charge in [-0.3, -0.25) is 28.5 Å². The minimum absolute atomic E-state index is 0. The third-order valence-electron chi connectivity index (χ3n) is 17.4. The Kier molecular flexibility index (Phi) is 30.9. The van der Waals surface area contributed by atoms with E-state index in [2.05, 4.69) is 35.8 Å². The van der Waals surface area contributed by atoms with Crippen molar-refractivity contribution in [3.63, 3.8) is 0 Å². The van der Waals surface area contributed by atoms with E-state index in [9.17, 15) is 54.0 Å². The van der Waals surface area contributed by atoms with Crippen LogP contribution in [0.25, 0.3) is 21.7 Å². The Balaban J connectivity index is 0.000000201. The standard InChI is InChI=1S/C19H16ClNO4.C17H23NO3.C15H15NO3.C14H11Cl2NO2.C13H12O3.2Na/c1-11-15(10-18(22)23)16-9-14(25-2)7-8-17(16)21(11)19(24)12-3-5-13(20)6-4-12;1-3-11-6-5-7-12-13-8-9-21-17(4-2,10-14(19)20)16(13)18-15(11)12;1-10-3-5-11(6-4-10)15(19)13-8-7-12(16(13)2)9-14(17)18;15-10-5-3-6-11(16)14(10)17-12-7-2-1-4-9(12)8-13(18)19;1-16-12-5-4-10-6-9(7-13(14)15)2-3-11(10)8-12;;/h3-9H,10H2,1-2H3,(H,22,23);5-7,13,16,18H,3-4,8-10H2,1-2H3,(H,19,20);3-8H,9H2,1-2H3,(H,17,18);1-7,17H,8H2,(H,18,19);2-6,8H,7H2,1H3,(H,14,15);;/q;;;;;2*+1/p-2. The van der Waals surface area contributed by atoms with Crippen molar-refractivity contribution in [2.75, 3.05) is 31.5 Å². The number of methoxy groups -OCH3 is 2. The molecule has 3 atom stereocenters. The van der Waals surface area contributed by atoms with Crippen molar-refractivity contribution >= 4 is 115 Å². The fourth-order valence-corrected chi connectivity index (χ4v) is 12.9. The molecule has 24 heteroatoms. The van der Waals surface area contributed by atoms with Crippen molar-refractivity contribution in [2.24, 2.45) is 7.05 Å². The first-order valence-corrected chi connectivity index (χ1v) is 33.1. The van der Waals surface area contributed by atoms with Crippen LogP contribution in [-0.2, 0) is 67.9 Å². The summed E-state index contributed by atoms with van der Waals surface area (Å²) in [6.45, 7) is 8.52. The second-order valence-electron chi connectivity index (χ2n) is 23.8. The Morgan fingerprint density at radius 3 is 1.86 bits per heavy atom. The minimum atomic E-state index is -1.16. The number of aryl methyl sites for hydroxylation is 2. The van der Waals surface area contributed by atoms with Gasteiger partial charge in [-0.15, -0.1) is 0 Å². The number of ketones is 1. The molecule has 3 unspecified atom stereocenters. The number of para-hydroxylation sites is 3. The number of rotatable bonds is 19. The van der Waals surface area contributed by atoms with Crippen LogP contribution in [0.4, 0.5) is 17.1 Å². The molecule has 0 radical (unpaired) electrons. The average molecular weight is 1460 g/mol. The van der Waals surface area contributed by atoms with Gasteiger partial charge in [-0.25, -0.2) is 0 Å². The van der Waals surface area contributed by atoms with Crippen LogP contribution in [0.15, 0.2) is 176 Å². The van der Waals surface area contributed by atoms with E-state index in [-0.39, 0.29) is 109 Å². The van der Waals surface area contributed by atoms with E-state index in [0.29, 0.717) is 101 Å². The number of anilines is 3. The number of nitrogens with zero attached hydrogens (tertiary/aromatic N) is 2. The predicted molar refractivity (Wildman–Crippen MR) is 383 cm³/mol. The number of halogens is 3. The van der Waals surface area contributed by atoms with Crippen LogP contribution in [0.1, 0.15) is 110 Å². The van der Waals surface area contributed by atoms with Gasteiger partial charge in [-0.2, -0.15) is 0 Å². The van der Waals surface area contributed by atoms with Crippen LogP contribution >= 0.6 is 34.8 Å². The zero-order valence-corrected chi connectivity index (χ0v) is 64.3. The zero-order chi connectivity index (χ0) is 72.5. The second-order valence-corrected chi connectivity index (χ2v) is 25.1. The first-order chi connectivity index (χ1) is 47.8. The van der Waals surface area contributed by atoms with Crippen molar-refractivity contribution in [3.05, 3.63) is 253 Å². The van der Waals surface area contributed by atoms with Crippen molar-refractivity contribution in [1.29, 1.82) is 0 Å². The van der Waals surface area contributed by atoms with E-state index < -0.39 is 35.4 Å². The number of benzene rings is 8. The molecule has 0 amide bonds. The fraction of sp³-hybridized carbons (Fsp3) is 0.244. The summed E-state index contributed by atoms with van der Waals surface area (Å²) in [5.74, 6) is -3.43. The summed E-state index contributed by atoms with van der Waals surface area (Å²) in [5, 5.41) is 59.5. The summed E-state index contributed by atoms with van der Waals surface area (Å²) >= 11 is 18.0. The second kappa shape index (κ2) is 38.2. The van der Waals surface area contributed by atoms with E-state index >= 15 is 0 Å². The Bertz CT molecular complexity index is 4640. The van der Waals surface area contributed by atoms with E-state index in [1.807, 2.05) is 62.4 Å². The molecule has 1 saturated heterocycles. The zero-order valence-electron chi connectivity index (χ0n) is 58.0. The minimum Gasteiger partial charge on any atom is -0.550 e. The smallest absolute Gasteiger partial charge is 0.550 e. The first-order valence-electron chi connectivity index (χ1n) is 32.0. The van der Waals surface area contributed by atoms with Gasteiger partial charge in [-0.1, -0.05) is 145 Å². The fourth-order valence-electron chi connectivity index (χ4n) is 12.3. The molecule has 520 valence electrons. The van der Waals surface area contributed by atoms with Crippen molar-refractivity contribution in [2.45, 2.75) is 96.6 Å². The van der Waals surface area contributed by atoms with Crippen LogP contribution in [0.5, 0.6) is 11.5 Å². The van der Waals surface area contributed by atoms with Crippen molar-refractivity contribution < 1.29 is 132 Å². The number of aliphatic carboxylic acids is 5. The molecule has 19 nitrogen and oxygen atoms in total. The number of aromatic nitrogens is 2. The maximum atomic E-state index is 13.0. The molecule has 2 aliphatic rings. The molecule has 8 aromatic carbocycles. The van der Waals surface area contributed by atoms with Gasteiger partial charge in [0, 0.05) is 88.7 Å². The number of nitrogens with one attached hydrogen (secondary N) is 2. The Morgan fingerprint density at radius 2 is 1.25 bits per heavy atom. The van der Waals surface area contributed by atoms with Crippen molar-refractivity contribution in [3.8, 4) is 11.5 Å². The van der Waals surface area contributed by atoms with Gasteiger partial charge < -0.3 is 64.5 Å². The Hall–Kier alpha value is -8.44. The van der Waals surface area contributed by atoms with Gasteiger partial charge >= 0.3 is 77.0 Å². The molecule has 2 aromatic heterocycles. The Morgan fingerprint density at radius 1 is 0.647 bits per heavy atom. The molecule has 12 rings (SSSR count). The van der Waals surface area contributed by atoms with Gasteiger partial charge in [-0.05, 0) is 157 Å². The van der Waals surface area contributed by atoms with Crippen LogP contribution in [0.3, 0.4) is 0 Å². The first kappa shape index (κ1) is 82.5. The topological polar surface area (TPSA) is 288 Å². The molecule has 0 aliphatic carbocycles. The van der Waals surface area contributed by atoms with Crippen LogP contribution < -0.4 is 89.4 Å². The molecule has 4 heterocycles. The number of hydrogen-bond donors (Lipinski definition) is 5. The number of hydrogen-bond acceptors (Lipinski definition) is 14. The number of ether oxygens (including phenoxy) is 3. The molecular formula is C78H75Cl3N4Na2O15. The van der Waals surface area contributed by atoms with E-state index in [0.717, 1.165) is 40.5 Å². The van der Waals surface area contributed by atoms with E-state index in [1.165, 1.54) is 21.4 Å². The molecule has 102 heavy (non-hydrogen) atoms. The third kappa shape index (κ3) is 20.9. The molecule has 10 aromatic rings. The van der Waals surface area contributed by atoms with E-state index in [4.69, 9.17) is 54.1 Å². The summed E-state index contributed by atoms with van der Waals surface area (Å²) in [4.78, 5) is 79.8. The molecule has 0 bridgehead atoms. The summed E-state index contributed by atoms with van der Waals surface area (Å²) in [7, 11) is 4.85. The van der Waals surface area contributed by atoms with Gasteiger partial charge in [0.2, 0.25) is 5.78 Å². The van der Waals surface area contributed by atoms with Gasteiger partial charge in [0.25, 0.3) is 5.91 Å². The van der Waals surface area contributed by atoms with Gasteiger partial charge in [0.1, 0.15) is 11.5 Å². The maximum absolute atomic E-state index is 13.0. The van der Waals surface area contributed by atoms with Crippen LogP contribution in [0.2, 0.25) is 15.1 Å². The van der Waals surface area contributed by atoms with Crippen LogP contribution in [-0.4, -0.2) is 98.5 Å². The Labute approximate surface area is 650 Å². The number of carboxylic acids is 5. The SMILES string of the molecule is CCc1cccc2c1NC1C2CCOC1(CC)CC(=O)O.COc1ccc2c(c1)c(CC(=O)O)c(C)n2C(=O)c1ccc(Cl)cc1.COc1ccc2cc(CC(=O)O)ccc2c1.Cc1ccc(C(=O)c2ccc(CC(=O)[O-])n2C)cc1.O=C([O-])Cc1ccccc1Nc1c(Cl)cccc1Cl.[Na+].[Na+]. The maximum Gasteiger partial charge on any atom is 1.00 e. The molecule has 2 aliphatic heterocycles. The average Bonchev–Trinajstić information content (AvgIpc) is 1.60. The van der Waals surface area contributed by atoms with Crippen molar-refractivity contribution in [1.82, 2.24) is 9.13 Å². The predicted octanol–water partition coefficient (Wildman–Crippen LogP) is 7.47. The number of carbonyl (C=O) groups excluding carboxylic acids is 4. The monoisotopic (exact) mass is 1460 g/mol. The summed E-state index contributed by atoms with van der Waals surface area (Å²) in [5.41, 5.74) is 10.9. The van der Waals surface area contributed by atoms with Gasteiger partial charge in [0.15, 0.2) is 0 Å². The molecular weight excluding hydrogens is 1390 g/mol. The molecule has 0 saturated carbocycles. The van der Waals surface area contributed by atoms with Gasteiger partial charge in [0.05, 0.1) is 72.1 Å². The number of fused-ring (bicyclic) bond motifs is 5. The van der Waals surface area contributed by atoms with Crippen LogP contribution in [0, 0.1) is 13.8 Å². The number of carboxylic acid groups (broad SMARTS) is 5. The molecule has 1 fully saturated rings. The molecule has 0 spiro atoms. The molecule has 5 N–H and O–H groups in total.